The van der Waals surface area contributed by atoms with Crippen molar-refractivity contribution in [2.24, 2.45) is 7.05 Å². The van der Waals surface area contributed by atoms with Crippen molar-refractivity contribution in [2.45, 2.75) is 4.90 Å². The van der Waals surface area contributed by atoms with Crippen LogP contribution in [-0.2, 0) is 16.9 Å². The number of sulfone groups is 1. The van der Waals surface area contributed by atoms with Gasteiger partial charge < -0.3 is 5.73 Å². The van der Waals surface area contributed by atoms with Gasteiger partial charge in [-0.25, -0.2) is 12.8 Å². The van der Waals surface area contributed by atoms with Crippen molar-refractivity contribution >= 4 is 31.6 Å². The van der Waals surface area contributed by atoms with Gasteiger partial charge in [0.1, 0.15) is 16.5 Å². The first-order chi connectivity index (χ1) is 8.70. The van der Waals surface area contributed by atoms with E-state index in [9.17, 15) is 12.8 Å². The monoisotopic (exact) mass is 347 g/mol. The molecule has 0 radical (unpaired) electrons. The van der Waals surface area contributed by atoms with E-state index in [0.717, 1.165) is 12.3 Å². The Kier molecular flexibility index (Phi) is 3.40. The van der Waals surface area contributed by atoms with Crippen LogP contribution < -0.4 is 5.73 Å². The molecule has 0 bridgehead atoms. The molecule has 2 rings (SSSR count). The third kappa shape index (κ3) is 2.64. The van der Waals surface area contributed by atoms with Gasteiger partial charge in [0.2, 0.25) is 0 Å². The van der Waals surface area contributed by atoms with Crippen LogP contribution in [0.5, 0.6) is 0 Å². The van der Waals surface area contributed by atoms with E-state index >= 15 is 0 Å². The van der Waals surface area contributed by atoms with Crippen molar-refractivity contribution in [1.29, 1.82) is 0 Å². The molecule has 5 nitrogen and oxygen atoms in total. The highest BCUT2D eigenvalue weighted by Gasteiger charge is 2.20. The first kappa shape index (κ1) is 14.0. The van der Waals surface area contributed by atoms with E-state index in [2.05, 4.69) is 21.0 Å². The maximum Gasteiger partial charge on any atom is 0.179 e. The van der Waals surface area contributed by atoms with Gasteiger partial charge in [-0.05, 0) is 28.1 Å². The van der Waals surface area contributed by atoms with Gasteiger partial charge in [0, 0.05) is 29.4 Å². The van der Waals surface area contributed by atoms with Crippen LogP contribution in [0.3, 0.4) is 0 Å². The lowest BCUT2D eigenvalue weighted by atomic mass is 10.1. The van der Waals surface area contributed by atoms with E-state index in [1.165, 1.54) is 10.7 Å². The molecular formula is C11H11BrFN3O2S. The summed E-state index contributed by atoms with van der Waals surface area (Å²) in [7, 11) is -1.98. The number of rotatable bonds is 2. The van der Waals surface area contributed by atoms with E-state index in [4.69, 9.17) is 5.73 Å². The van der Waals surface area contributed by atoms with Crippen LogP contribution in [0.25, 0.3) is 11.3 Å². The molecule has 0 aliphatic heterocycles. The number of nitrogens with two attached hydrogens (primary N) is 1. The maximum absolute atomic E-state index is 13.9. The highest BCUT2D eigenvalue weighted by atomic mass is 79.9. The highest BCUT2D eigenvalue weighted by molar-refractivity contribution is 9.10. The molecule has 2 aromatic rings. The number of benzene rings is 1. The van der Waals surface area contributed by atoms with E-state index < -0.39 is 15.7 Å². The minimum atomic E-state index is -3.64. The number of aromatic nitrogens is 2. The zero-order chi connectivity index (χ0) is 14.4. The zero-order valence-corrected chi connectivity index (χ0v) is 12.6. The van der Waals surface area contributed by atoms with Crippen LogP contribution >= 0.6 is 15.9 Å². The Bertz CT molecular complexity index is 713. The number of anilines is 1. The SMILES string of the molecule is Cn1nc(-c2cc(F)c(S(C)(=O)=O)c(Br)c2)cc1N. The van der Waals surface area contributed by atoms with Gasteiger partial charge >= 0.3 is 0 Å². The number of hydrogen-bond donors (Lipinski definition) is 1. The van der Waals surface area contributed by atoms with Crippen molar-refractivity contribution < 1.29 is 12.8 Å². The summed E-state index contributed by atoms with van der Waals surface area (Å²) in [6.07, 6.45) is 0.953. The highest BCUT2D eigenvalue weighted by Crippen LogP contribution is 2.31. The molecule has 0 fully saturated rings. The van der Waals surface area contributed by atoms with Gasteiger partial charge in [0.25, 0.3) is 0 Å². The average Bonchev–Trinajstić information content (AvgIpc) is 2.56. The second kappa shape index (κ2) is 4.61. The minimum Gasteiger partial charge on any atom is -0.384 e. The lowest BCUT2D eigenvalue weighted by Gasteiger charge is -2.06. The van der Waals surface area contributed by atoms with Crippen molar-refractivity contribution in [2.75, 3.05) is 12.0 Å². The molecule has 0 unspecified atom stereocenters. The quantitative estimate of drug-likeness (QED) is 0.900. The lowest BCUT2D eigenvalue weighted by Crippen LogP contribution is -2.02. The first-order valence-corrected chi connectivity index (χ1v) is 7.87. The third-order valence-electron chi connectivity index (χ3n) is 2.58. The van der Waals surface area contributed by atoms with Crippen molar-refractivity contribution in [3.05, 3.63) is 28.5 Å². The second-order valence-corrected chi connectivity index (χ2v) is 6.93. The van der Waals surface area contributed by atoms with E-state index in [0.29, 0.717) is 17.1 Å². The predicted molar refractivity (Wildman–Crippen MR) is 73.8 cm³/mol. The van der Waals surface area contributed by atoms with E-state index in [-0.39, 0.29) is 9.37 Å². The normalized spacial score (nSPS) is 11.8. The van der Waals surface area contributed by atoms with Crippen LogP contribution in [0, 0.1) is 5.82 Å². The Hall–Kier alpha value is -1.41. The second-order valence-electron chi connectivity index (χ2n) is 4.12. The van der Waals surface area contributed by atoms with Gasteiger partial charge in [-0.1, -0.05) is 0 Å². The summed E-state index contributed by atoms with van der Waals surface area (Å²) in [6.45, 7) is 0. The molecule has 0 amide bonds. The molecule has 0 spiro atoms. The summed E-state index contributed by atoms with van der Waals surface area (Å²) >= 11 is 3.07. The smallest absolute Gasteiger partial charge is 0.179 e. The molecule has 1 heterocycles. The standard InChI is InChI=1S/C11H11BrFN3O2S/c1-16-10(14)5-9(15-16)6-3-7(12)11(8(13)4-6)19(2,17)18/h3-5H,14H2,1-2H3. The summed E-state index contributed by atoms with van der Waals surface area (Å²) < 4.78 is 38.5. The molecule has 0 saturated carbocycles. The fourth-order valence-electron chi connectivity index (χ4n) is 1.68. The topological polar surface area (TPSA) is 78.0 Å². The van der Waals surface area contributed by atoms with Gasteiger partial charge in [0.05, 0.1) is 5.69 Å². The van der Waals surface area contributed by atoms with Crippen LogP contribution in [0.15, 0.2) is 27.6 Å². The Morgan fingerprint density at radius 2 is 2.00 bits per heavy atom. The van der Waals surface area contributed by atoms with Crippen LogP contribution in [0.1, 0.15) is 0 Å². The molecular weight excluding hydrogens is 337 g/mol. The fraction of sp³-hybridized carbons (Fsp3) is 0.182. The van der Waals surface area contributed by atoms with Gasteiger partial charge in [0.15, 0.2) is 9.84 Å². The maximum atomic E-state index is 13.9. The van der Waals surface area contributed by atoms with Crippen molar-refractivity contribution in [3.63, 3.8) is 0 Å². The minimum absolute atomic E-state index is 0.161. The third-order valence-corrected chi connectivity index (χ3v) is 4.63. The number of hydrogen-bond acceptors (Lipinski definition) is 4. The predicted octanol–water partition coefficient (Wildman–Crippen LogP) is 1.97. The molecule has 8 heteroatoms. The van der Waals surface area contributed by atoms with E-state index in [1.807, 2.05) is 0 Å². The first-order valence-electron chi connectivity index (χ1n) is 5.19. The number of nitrogen functional groups attached to an aromatic ring is 1. The molecule has 1 aromatic carbocycles. The molecule has 19 heavy (non-hydrogen) atoms. The van der Waals surface area contributed by atoms with Crippen molar-refractivity contribution in [3.8, 4) is 11.3 Å². The molecule has 0 saturated heterocycles. The number of nitrogens with zero attached hydrogens (tertiary/aromatic N) is 2. The number of aryl methyl sites for hydroxylation is 1. The molecule has 2 N–H and O–H groups in total. The zero-order valence-electron chi connectivity index (χ0n) is 10.2. The summed E-state index contributed by atoms with van der Waals surface area (Å²) in [5.74, 6) is -0.394. The van der Waals surface area contributed by atoms with Crippen LogP contribution in [-0.4, -0.2) is 24.5 Å². The Morgan fingerprint density at radius 3 is 2.42 bits per heavy atom. The summed E-state index contributed by atoms with van der Waals surface area (Å²) in [5, 5.41) is 4.11. The number of halogens is 2. The van der Waals surface area contributed by atoms with Crippen LogP contribution in [0.4, 0.5) is 10.2 Å². The summed E-state index contributed by atoms with van der Waals surface area (Å²) in [4.78, 5) is -0.361. The Balaban J connectivity index is 2.64. The van der Waals surface area contributed by atoms with Crippen LogP contribution in [0.2, 0.25) is 0 Å². The van der Waals surface area contributed by atoms with Crippen molar-refractivity contribution in [1.82, 2.24) is 9.78 Å². The molecule has 0 aliphatic carbocycles. The molecule has 102 valence electrons. The molecule has 1 aromatic heterocycles. The fourth-order valence-corrected chi connectivity index (χ4v) is 3.83. The summed E-state index contributed by atoms with van der Waals surface area (Å²) in [6, 6.07) is 4.21. The van der Waals surface area contributed by atoms with E-state index in [1.54, 1.807) is 13.1 Å². The molecule has 0 atom stereocenters. The average molecular weight is 348 g/mol. The molecule has 0 aliphatic rings. The van der Waals surface area contributed by atoms with Gasteiger partial charge in [-0.15, -0.1) is 0 Å². The summed E-state index contributed by atoms with van der Waals surface area (Å²) in [5.41, 5.74) is 6.57. The lowest BCUT2D eigenvalue weighted by molar-refractivity contribution is 0.569. The Labute approximate surface area is 118 Å². The Morgan fingerprint density at radius 1 is 1.37 bits per heavy atom. The van der Waals surface area contributed by atoms with Gasteiger partial charge in [-0.2, -0.15) is 5.10 Å². The van der Waals surface area contributed by atoms with Gasteiger partial charge in [-0.3, -0.25) is 4.68 Å². The largest absolute Gasteiger partial charge is 0.384 e.